The number of nitrogens with one attached hydrogen (secondary N) is 1. The molecule has 0 fully saturated rings. The largest absolute Gasteiger partial charge is 0.479 e. The highest BCUT2D eigenvalue weighted by molar-refractivity contribution is 6.04. The molecule has 0 rings (SSSR count). The molecule has 1 atom stereocenters. The Bertz CT molecular complexity index is 351. The number of unbranched alkanes of at least 4 members (excludes halogenated alkanes) is 7. The average Bonchev–Trinajstić information content (AvgIpc) is 2.59. The molecule has 0 saturated heterocycles. The van der Waals surface area contributed by atoms with Crippen LogP contribution in [0.1, 0.15) is 84.5 Å². The van der Waals surface area contributed by atoms with Crippen LogP contribution in [0.25, 0.3) is 0 Å². The minimum absolute atomic E-state index is 0.207. The highest BCUT2D eigenvalue weighted by Gasteiger charge is 2.46. The summed E-state index contributed by atoms with van der Waals surface area (Å²) in [6.07, 6.45) is 9.75. The number of carbonyl (C=O) groups excluding carboxylic acids is 1. The van der Waals surface area contributed by atoms with Gasteiger partial charge in [0.15, 0.2) is 0 Å². The van der Waals surface area contributed by atoms with Gasteiger partial charge in [-0.05, 0) is 45.2 Å². The Morgan fingerprint density at radius 2 is 1.60 bits per heavy atom. The number of carbonyl (C=O) groups is 2. The number of aliphatic carboxylic acids is 1. The summed E-state index contributed by atoms with van der Waals surface area (Å²) in [4.78, 5) is 24.4. The standard InChI is InChI=1S/C19H38N2O4/c1-3-5-7-8-9-12-16-25-18(24)19(17(22)23,13-10-11-14-20)21-15-6-4-2/h21H,3-16,20H2,1-2H3,(H,22,23)/t19-/m0/s1. The summed E-state index contributed by atoms with van der Waals surface area (Å²) in [5.41, 5.74) is 3.85. The fraction of sp³-hybridized carbons (Fsp3) is 0.895. The maximum atomic E-state index is 12.5. The summed E-state index contributed by atoms with van der Waals surface area (Å²) in [7, 11) is 0. The first-order valence-corrected chi connectivity index (χ1v) is 9.90. The highest BCUT2D eigenvalue weighted by Crippen LogP contribution is 2.18. The molecular formula is C19H38N2O4. The van der Waals surface area contributed by atoms with Gasteiger partial charge in [-0.15, -0.1) is 0 Å². The molecule has 6 heteroatoms. The summed E-state index contributed by atoms with van der Waals surface area (Å²) < 4.78 is 5.32. The van der Waals surface area contributed by atoms with Gasteiger partial charge in [-0.1, -0.05) is 52.4 Å². The quantitative estimate of drug-likeness (QED) is 0.210. The van der Waals surface area contributed by atoms with E-state index < -0.39 is 17.5 Å². The third-order valence-electron chi connectivity index (χ3n) is 4.41. The lowest BCUT2D eigenvalue weighted by atomic mass is 9.92. The molecule has 0 aromatic heterocycles. The first-order chi connectivity index (χ1) is 12.0. The van der Waals surface area contributed by atoms with Gasteiger partial charge >= 0.3 is 11.9 Å². The van der Waals surface area contributed by atoms with E-state index in [0.29, 0.717) is 25.9 Å². The lowest BCUT2D eigenvalue weighted by molar-refractivity contribution is -0.164. The zero-order chi connectivity index (χ0) is 19.0. The van der Waals surface area contributed by atoms with Crippen molar-refractivity contribution >= 4 is 11.9 Å². The maximum absolute atomic E-state index is 12.5. The smallest absolute Gasteiger partial charge is 0.338 e. The van der Waals surface area contributed by atoms with Gasteiger partial charge in [0.1, 0.15) is 0 Å². The summed E-state index contributed by atoms with van der Waals surface area (Å²) >= 11 is 0. The van der Waals surface area contributed by atoms with Crippen LogP contribution < -0.4 is 11.1 Å². The number of hydrogen-bond donors (Lipinski definition) is 3. The predicted octanol–water partition coefficient (Wildman–Crippen LogP) is 3.23. The van der Waals surface area contributed by atoms with E-state index in [1.807, 2.05) is 6.92 Å². The molecule has 4 N–H and O–H groups in total. The van der Waals surface area contributed by atoms with Crippen molar-refractivity contribution in [3.8, 4) is 0 Å². The Morgan fingerprint density at radius 1 is 0.960 bits per heavy atom. The number of nitrogens with two attached hydrogens (primary N) is 1. The molecule has 0 unspecified atom stereocenters. The Hall–Kier alpha value is -1.14. The van der Waals surface area contributed by atoms with Crippen molar-refractivity contribution in [1.82, 2.24) is 5.32 Å². The van der Waals surface area contributed by atoms with Crippen LogP contribution in [0.3, 0.4) is 0 Å². The number of carboxylic acid groups (broad SMARTS) is 1. The number of hydrogen-bond acceptors (Lipinski definition) is 5. The lowest BCUT2D eigenvalue weighted by Gasteiger charge is -2.28. The molecule has 0 bridgehead atoms. The maximum Gasteiger partial charge on any atom is 0.338 e. The SMILES string of the molecule is CCCCCCCCOC(=O)[C@@](CCCCN)(NCCCC)C(=O)O. The van der Waals surface area contributed by atoms with Gasteiger partial charge in [-0.3, -0.25) is 5.32 Å². The second-order valence-electron chi connectivity index (χ2n) is 6.64. The average molecular weight is 359 g/mol. The normalized spacial score (nSPS) is 13.4. The van der Waals surface area contributed by atoms with Crippen LogP contribution in [0.5, 0.6) is 0 Å². The van der Waals surface area contributed by atoms with Gasteiger partial charge in [0.25, 0.3) is 0 Å². The lowest BCUT2D eigenvalue weighted by Crippen LogP contribution is -2.59. The minimum atomic E-state index is -1.65. The fourth-order valence-electron chi connectivity index (χ4n) is 2.72. The molecule has 0 aliphatic rings. The van der Waals surface area contributed by atoms with Crippen molar-refractivity contribution in [1.29, 1.82) is 0 Å². The van der Waals surface area contributed by atoms with Crippen LogP contribution >= 0.6 is 0 Å². The zero-order valence-corrected chi connectivity index (χ0v) is 16.1. The van der Waals surface area contributed by atoms with E-state index in [1.165, 1.54) is 19.3 Å². The Labute approximate surface area is 152 Å². The van der Waals surface area contributed by atoms with Crippen LogP contribution in [-0.4, -0.2) is 42.3 Å². The predicted molar refractivity (Wildman–Crippen MR) is 101 cm³/mol. The first-order valence-electron chi connectivity index (χ1n) is 9.90. The van der Waals surface area contributed by atoms with Crippen LogP contribution in [0.15, 0.2) is 0 Å². The molecule has 148 valence electrons. The highest BCUT2D eigenvalue weighted by atomic mass is 16.5. The summed E-state index contributed by atoms with van der Waals surface area (Å²) in [5, 5.41) is 12.6. The third kappa shape index (κ3) is 9.80. The molecule has 0 aromatic rings. The van der Waals surface area contributed by atoms with E-state index in [0.717, 1.165) is 32.1 Å². The topological polar surface area (TPSA) is 102 Å². The summed E-state index contributed by atoms with van der Waals surface area (Å²) in [5.74, 6) is -1.82. The van der Waals surface area contributed by atoms with Gasteiger partial charge in [-0.2, -0.15) is 0 Å². The monoisotopic (exact) mass is 358 g/mol. The zero-order valence-electron chi connectivity index (χ0n) is 16.1. The van der Waals surface area contributed by atoms with Gasteiger partial charge in [0.05, 0.1) is 6.61 Å². The molecule has 0 aliphatic carbocycles. The molecular weight excluding hydrogens is 320 g/mol. The molecule has 0 saturated carbocycles. The van der Waals surface area contributed by atoms with E-state index >= 15 is 0 Å². The van der Waals surface area contributed by atoms with Gasteiger partial charge in [0, 0.05) is 0 Å². The molecule has 0 aromatic carbocycles. The van der Waals surface area contributed by atoms with Crippen molar-refractivity contribution < 1.29 is 19.4 Å². The van der Waals surface area contributed by atoms with Gasteiger partial charge < -0.3 is 15.6 Å². The van der Waals surface area contributed by atoms with E-state index in [4.69, 9.17) is 10.5 Å². The van der Waals surface area contributed by atoms with Crippen molar-refractivity contribution in [2.45, 2.75) is 90.0 Å². The Kier molecular flexibility index (Phi) is 14.5. The Balaban J connectivity index is 4.57. The van der Waals surface area contributed by atoms with Crippen molar-refractivity contribution in [2.24, 2.45) is 5.73 Å². The molecule has 0 heterocycles. The molecule has 0 radical (unpaired) electrons. The minimum Gasteiger partial charge on any atom is -0.479 e. The number of ether oxygens (including phenoxy) is 1. The van der Waals surface area contributed by atoms with Crippen LogP contribution in [-0.2, 0) is 14.3 Å². The first kappa shape index (κ1) is 23.9. The number of esters is 1. The third-order valence-corrected chi connectivity index (χ3v) is 4.41. The fourth-order valence-corrected chi connectivity index (χ4v) is 2.72. The number of rotatable bonds is 17. The molecule has 25 heavy (non-hydrogen) atoms. The molecule has 0 amide bonds. The molecule has 6 nitrogen and oxygen atoms in total. The van der Waals surface area contributed by atoms with Gasteiger partial charge in [0.2, 0.25) is 5.54 Å². The van der Waals surface area contributed by atoms with Crippen LogP contribution in [0, 0.1) is 0 Å². The van der Waals surface area contributed by atoms with E-state index in [1.54, 1.807) is 0 Å². The van der Waals surface area contributed by atoms with Crippen LogP contribution in [0.2, 0.25) is 0 Å². The van der Waals surface area contributed by atoms with E-state index in [-0.39, 0.29) is 13.0 Å². The Morgan fingerprint density at radius 3 is 2.20 bits per heavy atom. The van der Waals surface area contributed by atoms with Gasteiger partial charge in [-0.25, -0.2) is 9.59 Å². The van der Waals surface area contributed by atoms with Crippen LogP contribution in [0.4, 0.5) is 0 Å². The van der Waals surface area contributed by atoms with Crippen molar-refractivity contribution in [3.05, 3.63) is 0 Å². The number of carboxylic acids is 1. The summed E-state index contributed by atoms with van der Waals surface area (Å²) in [6.45, 7) is 5.44. The second kappa shape index (κ2) is 15.1. The molecule has 0 spiro atoms. The van der Waals surface area contributed by atoms with Crippen molar-refractivity contribution in [2.75, 3.05) is 19.7 Å². The van der Waals surface area contributed by atoms with E-state index in [2.05, 4.69) is 12.2 Å². The second-order valence-corrected chi connectivity index (χ2v) is 6.64. The van der Waals surface area contributed by atoms with E-state index in [9.17, 15) is 14.7 Å². The van der Waals surface area contributed by atoms with Crippen molar-refractivity contribution in [3.63, 3.8) is 0 Å². The molecule has 0 aliphatic heterocycles. The summed E-state index contributed by atoms with van der Waals surface area (Å²) in [6, 6.07) is 0.